The predicted molar refractivity (Wildman–Crippen MR) is 90.3 cm³/mol. The van der Waals surface area contributed by atoms with E-state index in [0.29, 0.717) is 19.6 Å². The molecule has 0 atom stereocenters. The van der Waals surface area contributed by atoms with Crippen LogP contribution in [0, 0.1) is 0 Å². The van der Waals surface area contributed by atoms with Crippen LogP contribution in [0.15, 0.2) is 17.5 Å². The lowest BCUT2D eigenvalue weighted by Crippen LogP contribution is -2.56. The van der Waals surface area contributed by atoms with Crippen LogP contribution in [0.2, 0.25) is 0 Å². The minimum atomic E-state index is -0.0538. The lowest BCUT2D eigenvalue weighted by Gasteiger charge is -2.41. The van der Waals surface area contributed by atoms with Crippen LogP contribution in [-0.2, 0) is 11.3 Å². The van der Waals surface area contributed by atoms with E-state index in [4.69, 9.17) is 4.74 Å². The zero-order chi connectivity index (χ0) is 16.0. The quantitative estimate of drug-likeness (QED) is 0.873. The number of urea groups is 1. The molecule has 0 unspecified atom stereocenters. The maximum Gasteiger partial charge on any atom is 0.317 e. The molecule has 0 spiro atoms. The average Bonchev–Trinajstić information content (AvgIpc) is 3.04. The van der Waals surface area contributed by atoms with Crippen LogP contribution in [0.3, 0.4) is 0 Å². The van der Waals surface area contributed by atoms with Gasteiger partial charge in [0.1, 0.15) is 0 Å². The smallest absolute Gasteiger partial charge is 0.317 e. The second-order valence-electron chi connectivity index (χ2n) is 6.16. The summed E-state index contributed by atoms with van der Waals surface area (Å²) < 4.78 is 5.40. The molecule has 0 saturated carbocycles. The first kappa shape index (κ1) is 17.2. The SMILES string of the molecule is CCN(Cc1cccs1)C(=O)NCC(C)(C)N1CCOCC1. The van der Waals surface area contributed by atoms with Crippen molar-refractivity contribution in [1.82, 2.24) is 15.1 Å². The molecule has 6 heteroatoms. The van der Waals surface area contributed by atoms with E-state index in [9.17, 15) is 4.79 Å². The van der Waals surface area contributed by atoms with Gasteiger partial charge in [-0.05, 0) is 32.2 Å². The van der Waals surface area contributed by atoms with Gasteiger partial charge in [0.25, 0.3) is 0 Å². The first-order valence-corrected chi connectivity index (χ1v) is 8.79. The van der Waals surface area contributed by atoms with Crippen molar-refractivity contribution in [3.63, 3.8) is 0 Å². The highest BCUT2D eigenvalue weighted by molar-refractivity contribution is 7.09. The monoisotopic (exact) mass is 325 g/mol. The van der Waals surface area contributed by atoms with E-state index < -0.39 is 0 Å². The summed E-state index contributed by atoms with van der Waals surface area (Å²) in [7, 11) is 0. The maximum atomic E-state index is 12.4. The Labute approximate surface area is 137 Å². The van der Waals surface area contributed by atoms with Gasteiger partial charge in [-0.2, -0.15) is 0 Å². The number of nitrogens with zero attached hydrogens (tertiary/aromatic N) is 2. The van der Waals surface area contributed by atoms with Gasteiger partial charge >= 0.3 is 6.03 Å². The molecule has 1 saturated heterocycles. The zero-order valence-electron chi connectivity index (χ0n) is 13.8. The first-order valence-electron chi connectivity index (χ1n) is 7.91. The van der Waals surface area contributed by atoms with Crippen LogP contribution < -0.4 is 5.32 Å². The fraction of sp³-hybridized carbons (Fsp3) is 0.688. The van der Waals surface area contributed by atoms with Crippen LogP contribution >= 0.6 is 11.3 Å². The van der Waals surface area contributed by atoms with Crippen LogP contribution in [0.25, 0.3) is 0 Å². The molecule has 1 aromatic heterocycles. The van der Waals surface area contributed by atoms with Crippen LogP contribution in [0.1, 0.15) is 25.6 Å². The minimum Gasteiger partial charge on any atom is -0.379 e. The van der Waals surface area contributed by atoms with Gasteiger partial charge in [-0.25, -0.2) is 4.79 Å². The third kappa shape index (κ3) is 4.69. The van der Waals surface area contributed by atoms with Gasteiger partial charge < -0.3 is 15.0 Å². The van der Waals surface area contributed by atoms with E-state index in [1.807, 2.05) is 23.3 Å². The molecule has 0 bridgehead atoms. The van der Waals surface area contributed by atoms with E-state index in [1.54, 1.807) is 11.3 Å². The Bertz CT molecular complexity index is 456. The average molecular weight is 325 g/mol. The van der Waals surface area contributed by atoms with Crippen molar-refractivity contribution in [3.8, 4) is 0 Å². The second-order valence-corrected chi connectivity index (χ2v) is 7.20. The predicted octanol–water partition coefficient (Wildman–Crippen LogP) is 2.39. The number of thiophene rings is 1. The third-order valence-electron chi connectivity index (χ3n) is 4.14. The van der Waals surface area contributed by atoms with Crippen molar-refractivity contribution < 1.29 is 9.53 Å². The number of nitrogens with one attached hydrogen (secondary N) is 1. The van der Waals surface area contributed by atoms with Crippen molar-refractivity contribution in [2.24, 2.45) is 0 Å². The molecular weight excluding hydrogens is 298 g/mol. The Kier molecular flexibility index (Phi) is 6.23. The number of rotatable bonds is 6. The highest BCUT2D eigenvalue weighted by Crippen LogP contribution is 2.16. The minimum absolute atomic E-state index is 0.0113. The number of carbonyl (C=O) groups is 1. The van der Waals surface area contributed by atoms with Crippen molar-refractivity contribution >= 4 is 17.4 Å². The van der Waals surface area contributed by atoms with Gasteiger partial charge in [-0.3, -0.25) is 4.90 Å². The van der Waals surface area contributed by atoms with Crippen LogP contribution in [0.5, 0.6) is 0 Å². The van der Waals surface area contributed by atoms with Crippen LogP contribution in [0.4, 0.5) is 4.79 Å². The molecule has 1 aliphatic heterocycles. The third-order valence-corrected chi connectivity index (χ3v) is 5.00. The topological polar surface area (TPSA) is 44.8 Å². The van der Waals surface area contributed by atoms with Gasteiger partial charge in [-0.15, -0.1) is 11.3 Å². The van der Waals surface area contributed by atoms with Crippen molar-refractivity contribution in [3.05, 3.63) is 22.4 Å². The van der Waals surface area contributed by atoms with Gasteiger partial charge in [0.15, 0.2) is 0 Å². The molecular formula is C16H27N3O2S. The Balaban J connectivity index is 1.84. The van der Waals surface area contributed by atoms with Gasteiger partial charge in [0.2, 0.25) is 0 Å². The van der Waals surface area contributed by atoms with E-state index in [0.717, 1.165) is 26.3 Å². The summed E-state index contributed by atoms with van der Waals surface area (Å²) in [5.41, 5.74) is -0.0538. The first-order chi connectivity index (χ1) is 10.5. The number of hydrogen-bond acceptors (Lipinski definition) is 4. The molecule has 2 rings (SSSR count). The molecule has 0 aliphatic carbocycles. The van der Waals surface area contributed by atoms with Gasteiger partial charge in [-0.1, -0.05) is 6.07 Å². The molecule has 0 radical (unpaired) electrons. The summed E-state index contributed by atoms with van der Waals surface area (Å²) >= 11 is 1.69. The number of morpholine rings is 1. The van der Waals surface area contributed by atoms with Crippen LogP contribution in [-0.4, -0.2) is 60.8 Å². The molecule has 1 aromatic rings. The van der Waals surface area contributed by atoms with Crippen molar-refractivity contribution in [1.29, 1.82) is 0 Å². The lowest BCUT2D eigenvalue weighted by atomic mass is 10.0. The summed E-state index contributed by atoms with van der Waals surface area (Å²) in [4.78, 5) is 17.8. The Morgan fingerprint density at radius 2 is 2.18 bits per heavy atom. The summed E-state index contributed by atoms with van der Waals surface area (Å²) in [5.74, 6) is 0. The summed E-state index contributed by atoms with van der Waals surface area (Å²) in [6.45, 7) is 11.8. The molecule has 2 amide bonds. The molecule has 1 fully saturated rings. The van der Waals surface area contributed by atoms with E-state index in [-0.39, 0.29) is 11.6 Å². The lowest BCUT2D eigenvalue weighted by molar-refractivity contribution is -0.00905. The molecule has 0 aromatic carbocycles. The Morgan fingerprint density at radius 3 is 2.77 bits per heavy atom. The van der Waals surface area contributed by atoms with Crippen molar-refractivity contribution in [2.75, 3.05) is 39.4 Å². The number of amides is 2. The van der Waals surface area contributed by atoms with E-state index in [2.05, 4.69) is 30.1 Å². The van der Waals surface area contributed by atoms with Crippen molar-refractivity contribution in [2.45, 2.75) is 32.9 Å². The van der Waals surface area contributed by atoms with Gasteiger partial charge in [0, 0.05) is 36.6 Å². The fourth-order valence-corrected chi connectivity index (χ4v) is 3.32. The molecule has 124 valence electrons. The Hall–Kier alpha value is -1.11. The fourth-order valence-electron chi connectivity index (χ4n) is 2.60. The number of hydrogen-bond donors (Lipinski definition) is 1. The zero-order valence-corrected chi connectivity index (χ0v) is 14.6. The highest BCUT2D eigenvalue weighted by atomic mass is 32.1. The van der Waals surface area contributed by atoms with Gasteiger partial charge in [0.05, 0.1) is 19.8 Å². The Morgan fingerprint density at radius 1 is 1.45 bits per heavy atom. The number of ether oxygens (including phenoxy) is 1. The molecule has 2 heterocycles. The highest BCUT2D eigenvalue weighted by Gasteiger charge is 2.29. The molecule has 1 aliphatic rings. The normalized spacial score (nSPS) is 16.5. The summed E-state index contributed by atoms with van der Waals surface area (Å²) in [6.07, 6.45) is 0. The maximum absolute atomic E-state index is 12.4. The summed E-state index contributed by atoms with van der Waals surface area (Å²) in [5, 5.41) is 5.14. The number of carbonyl (C=O) groups excluding carboxylic acids is 1. The largest absolute Gasteiger partial charge is 0.379 e. The molecule has 22 heavy (non-hydrogen) atoms. The summed E-state index contributed by atoms with van der Waals surface area (Å²) in [6, 6.07) is 4.10. The standard InChI is InChI=1S/C16H27N3O2S/c1-4-18(12-14-6-5-11-22-14)15(20)17-13-16(2,3)19-7-9-21-10-8-19/h5-6,11H,4,7-10,12-13H2,1-3H3,(H,17,20). The second kappa shape index (κ2) is 7.94. The molecule has 1 N–H and O–H groups in total. The van der Waals surface area contributed by atoms with E-state index >= 15 is 0 Å². The van der Waals surface area contributed by atoms with E-state index in [1.165, 1.54) is 4.88 Å². The molecule has 5 nitrogen and oxygen atoms in total.